The number of amides is 1. The van der Waals surface area contributed by atoms with Crippen LogP contribution >= 0.6 is 23.2 Å². The molecule has 1 atom stereocenters. The average Bonchev–Trinajstić information content (AvgIpc) is 2.53. The highest BCUT2D eigenvalue weighted by molar-refractivity contribution is 7.89. The van der Waals surface area contributed by atoms with E-state index < -0.39 is 16.1 Å². The molecule has 0 aromatic heterocycles. The normalized spacial score (nSPS) is 12.9. The molecule has 0 saturated heterocycles. The summed E-state index contributed by atoms with van der Waals surface area (Å²) < 4.78 is 26.9. The van der Waals surface area contributed by atoms with E-state index in [1.807, 2.05) is 0 Å². The van der Waals surface area contributed by atoms with Crippen molar-refractivity contribution in [3.05, 3.63) is 58.1 Å². The van der Waals surface area contributed by atoms with Crippen LogP contribution in [0.5, 0.6) is 0 Å². The van der Waals surface area contributed by atoms with Crippen LogP contribution in [0.1, 0.15) is 25.5 Å². The first-order valence-electron chi connectivity index (χ1n) is 7.43. The second-order valence-corrected chi connectivity index (χ2v) is 8.41. The van der Waals surface area contributed by atoms with Crippen LogP contribution in [0, 0.1) is 0 Å². The van der Waals surface area contributed by atoms with Crippen molar-refractivity contribution in [2.75, 3.05) is 12.4 Å². The van der Waals surface area contributed by atoms with E-state index in [0.717, 1.165) is 0 Å². The highest BCUT2D eigenvalue weighted by atomic mass is 35.5. The number of hydrogen-bond donors (Lipinski definition) is 1. The minimum Gasteiger partial charge on any atom is -0.326 e. The SMILES string of the molecule is CC(=O)Nc1ccc(S(=O)(=O)N(C)[C@H](C)c2ccc(Cl)cc2Cl)cc1. The van der Waals surface area contributed by atoms with Crippen LogP contribution in [0.25, 0.3) is 0 Å². The zero-order valence-electron chi connectivity index (χ0n) is 14.0. The number of benzene rings is 2. The van der Waals surface area contributed by atoms with Gasteiger partial charge < -0.3 is 5.32 Å². The maximum Gasteiger partial charge on any atom is 0.243 e. The Bertz CT molecular complexity index is 883. The summed E-state index contributed by atoms with van der Waals surface area (Å²) >= 11 is 12.1. The molecule has 8 heteroatoms. The topological polar surface area (TPSA) is 66.5 Å². The third-order valence-corrected chi connectivity index (χ3v) is 6.31. The third kappa shape index (κ3) is 4.52. The molecule has 25 heavy (non-hydrogen) atoms. The molecule has 1 N–H and O–H groups in total. The zero-order valence-corrected chi connectivity index (χ0v) is 16.3. The van der Waals surface area contributed by atoms with Crippen molar-refractivity contribution in [3.8, 4) is 0 Å². The van der Waals surface area contributed by atoms with E-state index in [9.17, 15) is 13.2 Å². The van der Waals surface area contributed by atoms with Gasteiger partial charge in [-0.1, -0.05) is 29.3 Å². The summed E-state index contributed by atoms with van der Waals surface area (Å²) in [4.78, 5) is 11.2. The predicted octanol–water partition coefficient (Wildman–Crippen LogP) is 4.33. The molecule has 0 fully saturated rings. The molecular formula is C17H18Cl2N2O3S. The highest BCUT2D eigenvalue weighted by Crippen LogP contribution is 2.32. The van der Waals surface area contributed by atoms with Crippen molar-refractivity contribution < 1.29 is 13.2 Å². The highest BCUT2D eigenvalue weighted by Gasteiger charge is 2.27. The molecule has 5 nitrogen and oxygen atoms in total. The standard InChI is InChI=1S/C17H18Cl2N2O3S/c1-11(16-9-4-13(18)10-17(16)19)21(3)25(23,24)15-7-5-14(6-8-15)20-12(2)22/h4-11H,1-3H3,(H,20,22)/t11-/m1/s1. The van der Waals surface area contributed by atoms with Gasteiger partial charge in [-0.2, -0.15) is 4.31 Å². The molecule has 1 amide bonds. The van der Waals surface area contributed by atoms with Gasteiger partial charge in [-0.3, -0.25) is 4.79 Å². The summed E-state index contributed by atoms with van der Waals surface area (Å²) in [7, 11) is -2.24. The molecule has 0 radical (unpaired) electrons. The molecule has 134 valence electrons. The summed E-state index contributed by atoms with van der Waals surface area (Å²) in [6, 6.07) is 10.5. The first-order valence-corrected chi connectivity index (χ1v) is 9.63. The van der Waals surface area contributed by atoms with Crippen molar-refractivity contribution in [3.63, 3.8) is 0 Å². The van der Waals surface area contributed by atoms with Crippen LogP contribution in [-0.4, -0.2) is 25.7 Å². The Morgan fingerprint density at radius 3 is 2.24 bits per heavy atom. The van der Waals surface area contributed by atoms with Gasteiger partial charge >= 0.3 is 0 Å². The first kappa shape index (κ1) is 19.7. The van der Waals surface area contributed by atoms with Gasteiger partial charge in [-0.25, -0.2) is 8.42 Å². The molecule has 0 spiro atoms. The molecule has 0 saturated carbocycles. The molecule has 0 aliphatic heterocycles. The van der Waals surface area contributed by atoms with Gasteiger partial charge in [0.1, 0.15) is 0 Å². The van der Waals surface area contributed by atoms with Crippen molar-refractivity contribution >= 4 is 44.8 Å². The van der Waals surface area contributed by atoms with Crippen molar-refractivity contribution in [1.82, 2.24) is 4.31 Å². The molecule has 2 rings (SSSR count). The summed E-state index contributed by atoms with van der Waals surface area (Å²) in [5.74, 6) is -0.223. The fraction of sp³-hybridized carbons (Fsp3) is 0.235. The molecule has 0 aliphatic carbocycles. The van der Waals surface area contributed by atoms with Crippen molar-refractivity contribution in [1.29, 1.82) is 0 Å². The van der Waals surface area contributed by atoms with Gasteiger partial charge in [0.2, 0.25) is 15.9 Å². The molecule has 0 heterocycles. The summed E-state index contributed by atoms with van der Waals surface area (Å²) in [5.41, 5.74) is 1.19. The Hall–Kier alpha value is -1.60. The summed E-state index contributed by atoms with van der Waals surface area (Å²) in [6.45, 7) is 3.13. The quantitative estimate of drug-likeness (QED) is 0.811. The fourth-order valence-corrected chi connectivity index (χ4v) is 4.23. The number of carbonyl (C=O) groups excluding carboxylic acids is 1. The van der Waals surface area contributed by atoms with Crippen molar-refractivity contribution in [2.45, 2.75) is 24.8 Å². The van der Waals surface area contributed by atoms with E-state index >= 15 is 0 Å². The lowest BCUT2D eigenvalue weighted by Crippen LogP contribution is -2.30. The number of hydrogen-bond acceptors (Lipinski definition) is 3. The monoisotopic (exact) mass is 400 g/mol. The van der Waals surface area contributed by atoms with Crippen LogP contribution in [0.3, 0.4) is 0 Å². The molecule has 2 aromatic rings. The first-order chi connectivity index (χ1) is 11.6. The van der Waals surface area contributed by atoms with Crippen LogP contribution in [0.2, 0.25) is 10.0 Å². The van der Waals surface area contributed by atoms with Crippen LogP contribution in [0.4, 0.5) is 5.69 Å². The number of rotatable bonds is 5. The van der Waals surface area contributed by atoms with Crippen LogP contribution in [-0.2, 0) is 14.8 Å². The van der Waals surface area contributed by atoms with Crippen molar-refractivity contribution in [2.24, 2.45) is 0 Å². The van der Waals surface area contributed by atoms with Gasteiger partial charge in [-0.15, -0.1) is 0 Å². The van der Waals surface area contributed by atoms with E-state index in [2.05, 4.69) is 5.32 Å². The van der Waals surface area contributed by atoms with Crippen LogP contribution < -0.4 is 5.32 Å². The molecular weight excluding hydrogens is 383 g/mol. The van der Waals surface area contributed by atoms with E-state index in [0.29, 0.717) is 21.3 Å². The van der Waals surface area contributed by atoms with Gasteiger partial charge in [0, 0.05) is 35.7 Å². The third-order valence-electron chi connectivity index (χ3n) is 3.81. The predicted molar refractivity (Wildman–Crippen MR) is 101 cm³/mol. The maximum atomic E-state index is 12.8. The molecule has 0 aliphatic rings. The number of anilines is 1. The number of nitrogens with zero attached hydrogens (tertiary/aromatic N) is 1. The molecule has 0 unspecified atom stereocenters. The minimum absolute atomic E-state index is 0.126. The van der Waals surface area contributed by atoms with E-state index in [4.69, 9.17) is 23.2 Å². The minimum atomic E-state index is -3.73. The average molecular weight is 401 g/mol. The summed E-state index contributed by atoms with van der Waals surface area (Å²) in [5, 5.41) is 3.49. The number of sulfonamides is 1. The van der Waals surface area contributed by atoms with Crippen LogP contribution in [0.15, 0.2) is 47.4 Å². The number of halogens is 2. The maximum absolute atomic E-state index is 12.8. The van der Waals surface area contributed by atoms with Gasteiger partial charge in [0.05, 0.1) is 4.90 Å². The van der Waals surface area contributed by atoms with Gasteiger partial charge in [-0.05, 0) is 48.9 Å². The number of nitrogens with one attached hydrogen (secondary N) is 1. The lowest BCUT2D eigenvalue weighted by Gasteiger charge is -2.25. The number of carbonyl (C=O) groups is 1. The van der Waals surface area contributed by atoms with Gasteiger partial charge in [0.25, 0.3) is 0 Å². The lowest BCUT2D eigenvalue weighted by molar-refractivity contribution is -0.114. The Labute approximate surface area is 157 Å². The second kappa shape index (κ2) is 7.74. The van der Waals surface area contributed by atoms with E-state index in [1.54, 1.807) is 37.3 Å². The second-order valence-electron chi connectivity index (χ2n) is 5.57. The Balaban J connectivity index is 2.30. The van der Waals surface area contributed by atoms with E-state index in [-0.39, 0.29) is 10.8 Å². The largest absolute Gasteiger partial charge is 0.326 e. The zero-order chi connectivity index (χ0) is 18.8. The fourth-order valence-electron chi connectivity index (χ4n) is 2.32. The molecule has 2 aromatic carbocycles. The van der Waals surface area contributed by atoms with Gasteiger partial charge in [0.15, 0.2) is 0 Å². The Kier molecular flexibility index (Phi) is 6.11. The Morgan fingerprint density at radius 1 is 1.12 bits per heavy atom. The molecule has 0 bridgehead atoms. The summed E-state index contributed by atoms with van der Waals surface area (Å²) in [6.07, 6.45) is 0. The smallest absolute Gasteiger partial charge is 0.243 e. The Morgan fingerprint density at radius 2 is 1.72 bits per heavy atom. The van der Waals surface area contributed by atoms with E-state index in [1.165, 1.54) is 30.4 Å². The lowest BCUT2D eigenvalue weighted by atomic mass is 10.1.